The summed E-state index contributed by atoms with van der Waals surface area (Å²) in [6.45, 7) is 3.94. The molecule has 4 unspecified atom stereocenters. The van der Waals surface area contributed by atoms with E-state index in [1.165, 1.54) is 7.11 Å². The molecular weight excluding hydrogens is 576 g/mol. The van der Waals surface area contributed by atoms with Gasteiger partial charge in [0.05, 0.1) is 50.3 Å². The van der Waals surface area contributed by atoms with Crippen LogP contribution in [0.25, 0.3) is 0 Å². The van der Waals surface area contributed by atoms with Gasteiger partial charge in [-0.3, -0.25) is 14.6 Å². The molecule has 0 bridgehead atoms. The van der Waals surface area contributed by atoms with Gasteiger partial charge in [-0.2, -0.15) is 0 Å². The van der Waals surface area contributed by atoms with Crippen LogP contribution in [0.5, 0.6) is 0 Å². The highest BCUT2D eigenvalue weighted by Crippen LogP contribution is 2.50. The summed E-state index contributed by atoms with van der Waals surface area (Å²) in [5, 5.41) is 13.9. The van der Waals surface area contributed by atoms with Crippen LogP contribution < -0.4 is 5.32 Å². The highest BCUT2D eigenvalue weighted by atomic mass is 16.5. The predicted octanol–water partition coefficient (Wildman–Crippen LogP) is 3.73. The predicted molar refractivity (Wildman–Crippen MR) is 163 cm³/mol. The summed E-state index contributed by atoms with van der Waals surface area (Å²) in [4.78, 5) is 52.1. The summed E-state index contributed by atoms with van der Waals surface area (Å²) < 4.78 is 14.6. The molecule has 45 heavy (non-hydrogen) atoms. The van der Waals surface area contributed by atoms with Crippen molar-refractivity contribution < 1.29 is 29.0 Å². The second kappa shape index (κ2) is 13.6. The molecule has 12 heteroatoms. The molecule has 1 aliphatic heterocycles. The standard InChI is InChI=1S/C33H36N6O6/c1-22-29(31(41)44-3)30(26-6-4-5-12-36-26)33(32(42)43,23(2)37-22)11-17-45-28(40)18-27(39-16-14-35-21-39)25-9-7-24(8-10-25)19-38-15-13-34-20-38/h4-10,12-16,20-21,23,27,30,37H,11,17-19H2,1-3H3,(H,42,43). The number of methoxy groups -OCH3 is 1. The summed E-state index contributed by atoms with van der Waals surface area (Å²) in [5.74, 6) is -3.24. The van der Waals surface area contributed by atoms with Crippen LogP contribution in [0.3, 0.4) is 0 Å². The lowest BCUT2D eigenvalue weighted by molar-refractivity contribution is -0.158. The van der Waals surface area contributed by atoms with Crippen molar-refractivity contribution >= 4 is 17.9 Å². The SMILES string of the molecule is COC(=O)C1=C(C)NC(C)C(CCOC(=O)CC(c2ccc(Cn3ccnc3)cc2)n2ccnc2)(C(=O)O)C1c1ccccn1. The number of esters is 2. The lowest BCUT2D eigenvalue weighted by Gasteiger charge is -2.46. The summed E-state index contributed by atoms with van der Waals surface area (Å²) in [6, 6.07) is 12.1. The van der Waals surface area contributed by atoms with Gasteiger partial charge < -0.3 is 29.0 Å². The fourth-order valence-corrected chi connectivity index (χ4v) is 6.21. The lowest BCUT2D eigenvalue weighted by atomic mass is 9.61. The average Bonchev–Trinajstić information content (AvgIpc) is 3.76. The molecular formula is C33H36N6O6. The number of hydrogen-bond acceptors (Lipinski definition) is 9. The highest BCUT2D eigenvalue weighted by Gasteiger charge is 2.57. The molecule has 1 aromatic carbocycles. The van der Waals surface area contributed by atoms with E-state index in [4.69, 9.17) is 9.47 Å². The average molecular weight is 613 g/mol. The minimum absolute atomic E-state index is 0.00118. The first-order valence-electron chi connectivity index (χ1n) is 14.6. The normalized spacial score (nSPS) is 20.2. The third kappa shape index (κ3) is 6.49. The van der Waals surface area contributed by atoms with Crippen molar-refractivity contribution in [3.63, 3.8) is 0 Å². The Labute approximate surface area is 260 Å². The van der Waals surface area contributed by atoms with E-state index < -0.39 is 35.3 Å². The van der Waals surface area contributed by atoms with E-state index >= 15 is 0 Å². The van der Waals surface area contributed by atoms with E-state index in [1.54, 1.807) is 69.5 Å². The van der Waals surface area contributed by atoms with Crippen LogP contribution in [0.15, 0.2) is 97.4 Å². The van der Waals surface area contributed by atoms with Crippen molar-refractivity contribution in [1.82, 2.24) is 29.4 Å². The summed E-state index contributed by atoms with van der Waals surface area (Å²) in [7, 11) is 1.25. The van der Waals surface area contributed by atoms with Crippen molar-refractivity contribution in [2.24, 2.45) is 5.41 Å². The molecule has 0 spiro atoms. The Kier molecular flexibility index (Phi) is 9.41. The van der Waals surface area contributed by atoms with Gasteiger partial charge in [0.1, 0.15) is 5.41 Å². The van der Waals surface area contributed by atoms with Crippen LogP contribution >= 0.6 is 0 Å². The number of carbonyl (C=O) groups is 3. The van der Waals surface area contributed by atoms with Gasteiger partial charge in [-0.25, -0.2) is 14.8 Å². The van der Waals surface area contributed by atoms with Gasteiger partial charge in [-0.15, -0.1) is 0 Å². The Morgan fingerprint density at radius 3 is 2.42 bits per heavy atom. The first kappa shape index (κ1) is 31.2. The van der Waals surface area contributed by atoms with E-state index in [0.717, 1.165) is 11.1 Å². The highest BCUT2D eigenvalue weighted by molar-refractivity contribution is 5.94. The first-order chi connectivity index (χ1) is 21.7. The van der Waals surface area contributed by atoms with Crippen LogP contribution in [0, 0.1) is 5.41 Å². The molecule has 234 valence electrons. The van der Waals surface area contributed by atoms with Crippen LogP contribution in [-0.4, -0.2) is 66.9 Å². The number of rotatable bonds is 12. The number of benzene rings is 1. The van der Waals surface area contributed by atoms with Crippen molar-refractivity contribution in [1.29, 1.82) is 0 Å². The zero-order chi connectivity index (χ0) is 32.0. The minimum atomic E-state index is -1.58. The third-order valence-electron chi connectivity index (χ3n) is 8.51. The number of hydrogen-bond donors (Lipinski definition) is 2. The zero-order valence-electron chi connectivity index (χ0n) is 25.4. The third-order valence-corrected chi connectivity index (χ3v) is 8.51. The van der Waals surface area contributed by atoms with E-state index in [9.17, 15) is 19.5 Å². The molecule has 0 radical (unpaired) electrons. The van der Waals surface area contributed by atoms with Crippen LogP contribution in [0.4, 0.5) is 0 Å². The van der Waals surface area contributed by atoms with E-state index in [2.05, 4.69) is 20.3 Å². The van der Waals surface area contributed by atoms with Gasteiger partial charge in [0.25, 0.3) is 0 Å². The maximum absolute atomic E-state index is 13.3. The number of ether oxygens (including phenoxy) is 2. The Morgan fingerprint density at radius 1 is 1.04 bits per heavy atom. The van der Waals surface area contributed by atoms with Gasteiger partial charge in [-0.1, -0.05) is 30.3 Å². The Hall–Kier alpha value is -5.26. The molecule has 5 rings (SSSR count). The fourth-order valence-electron chi connectivity index (χ4n) is 6.21. The molecule has 4 atom stereocenters. The number of pyridine rings is 1. The van der Waals surface area contributed by atoms with E-state index in [-0.39, 0.29) is 31.1 Å². The quantitative estimate of drug-likeness (QED) is 0.227. The summed E-state index contributed by atoms with van der Waals surface area (Å²) in [5.41, 5.74) is 1.50. The number of aliphatic carboxylic acids is 1. The molecule has 0 fully saturated rings. The Bertz CT molecular complexity index is 1640. The van der Waals surface area contributed by atoms with E-state index in [0.29, 0.717) is 17.9 Å². The molecule has 0 saturated heterocycles. The number of allylic oxidation sites excluding steroid dienone is 1. The number of imidazole rings is 2. The number of carbonyl (C=O) groups excluding carboxylic acids is 2. The van der Waals surface area contributed by atoms with Crippen LogP contribution in [0.1, 0.15) is 55.5 Å². The fraction of sp³-hybridized carbons (Fsp3) is 0.333. The molecule has 12 nitrogen and oxygen atoms in total. The molecule has 0 amide bonds. The van der Waals surface area contributed by atoms with Gasteiger partial charge in [0, 0.05) is 61.4 Å². The minimum Gasteiger partial charge on any atom is -0.481 e. The second-order valence-corrected chi connectivity index (χ2v) is 11.1. The first-order valence-corrected chi connectivity index (χ1v) is 14.6. The number of aromatic nitrogens is 5. The van der Waals surface area contributed by atoms with Crippen LogP contribution in [0.2, 0.25) is 0 Å². The van der Waals surface area contributed by atoms with Crippen molar-refractivity contribution in [2.75, 3.05) is 13.7 Å². The summed E-state index contributed by atoms with van der Waals surface area (Å²) >= 11 is 0. The van der Waals surface area contributed by atoms with Gasteiger partial charge in [0.2, 0.25) is 0 Å². The molecule has 4 heterocycles. The van der Waals surface area contributed by atoms with E-state index in [1.807, 2.05) is 39.6 Å². The lowest BCUT2D eigenvalue weighted by Crippen LogP contribution is -2.57. The number of carboxylic acid groups (broad SMARTS) is 1. The Balaban J connectivity index is 1.35. The molecule has 1 aliphatic rings. The van der Waals surface area contributed by atoms with Gasteiger partial charge in [0.15, 0.2) is 0 Å². The Morgan fingerprint density at radius 2 is 1.80 bits per heavy atom. The number of carboxylic acids is 1. The van der Waals surface area contributed by atoms with Crippen molar-refractivity contribution in [2.45, 2.75) is 51.2 Å². The van der Waals surface area contributed by atoms with Gasteiger partial charge >= 0.3 is 17.9 Å². The monoisotopic (exact) mass is 612 g/mol. The molecule has 3 aromatic heterocycles. The molecule has 0 aliphatic carbocycles. The summed E-state index contributed by atoms with van der Waals surface area (Å²) in [6.07, 6.45) is 11.9. The largest absolute Gasteiger partial charge is 0.481 e. The molecule has 4 aromatic rings. The van der Waals surface area contributed by atoms with Gasteiger partial charge in [-0.05, 0) is 37.1 Å². The maximum atomic E-state index is 13.3. The van der Waals surface area contributed by atoms with Crippen LogP contribution in [-0.2, 0) is 30.4 Å². The maximum Gasteiger partial charge on any atom is 0.336 e. The number of nitrogens with zero attached hydrogens (tertiary/aromatic N) is 5. The number of nitrogens with one attached hydrogen (secondary N) is 1. The zero-order valence-corrected chi connectivity index (χ0v) is 25.4. The molecule has 0 saturated carbocycles. The second-order valence-electron chi connectivity index (χ2n) is 11.1. The topological polar surface area (TPSA) is 150 Å². The molecule has 2 N–H and O–H groups in total. The van der Waals surface area contributed by atoms with Crippen molar-refractivity contribution in [3.8, 4) is 0 Å². The van der Waals surface area contributed by atoms with Crippen molar-refractivity contribution in [3.05, 3.63) is 114 Å². The smallest absolute Gasteiger partial charge is 0.336 e.